The van der Waals surface area contributed by atoms with Crippen molar-refractivity contribution in [1.82, 2.24) is 5.32 Å². The van der Waals surface area contributed by atoms with Gasteiger partial charge in [-0.1, -0.05) is 43.7 Å². The van der Waals surface area contributed by atoms with Crippen LogP contribution < -0.4 is 5.32 Å². The van der Waals surface area contributed by atoms with E-state index in [0.29, 0.717) is 6.42 Å². The summed E-state index contributed by atoms with van der Waals surface area (Å²) >= 11 is 0. The van der Waals surface area contributed by atoms with Crippen LogP contribution in [0.3, 0.4) is 0 Å². The first kappa shape index (κ1) is 14.6. The van der Waals surface area contributed by atoms with E-state index in [9.17, 15) is 4.79 Å². The molecule has 3 aromatic rings. The number of rotatable bonds is 5. The SMILES string of the molecule is CCC[C@@H](C)NC(=O)Cc1coc2ccc3ccccc3c12. The average Bonchev–Trinajstić information content (AvgIpc) is 2.90. The molecule has 3 heteroatoms. The summed E-state index contributed by atoms with van der Waals surface area (Å²) in [5.41, 5.74) is 1.79. The van der Waals surface area contributed by atoms with E-state index in [-0.39, 0.29) is 11.9 Å². The molecular weight excluding hydrogens is 274 g/mol. The normalized spacial score (nSPS) is 12.6. The van der Waals surface area contributed by atoms with Crippen LogP contribution in [0.15, 0.2) is 47.1 Å². The summed E-state index contributed by atoms with van der Waals surface area (Å²) in [5, 5.41) is 6.40. The molecule has 0 aliphatic rings. The van der Waals surface area contributed by atoms with Crippen molar-refractivity contribution in [2.75, 3.05) is 0 Å². The van der Waals surface area contributed by atoms with Crippen molar-refractivity contribution in [2.24, 2.45) is 0 Å². The highest BCUT2D eigenvalue weighted by atomic mass is 16.3. The van der Waals surface area contributed by atoms with E-state index in [1.54, 1.807) is 6.26 Å². The minimum absolute atomic E-state index is 0.0524. The van der Waals surface area contributed by atoms with E-state index in [4.69, 9.17) is 4.42 Å². The number of carbonyl (C=O) groups excluding carboxylic acids is 1. The lowest BCUT2D eigenvalue weighted by atomic mass is 10.0. The number of fused-ring (bicyclic) bond motifs is 3. The number of furan rings is 1. The summed E-state index contributed by atoms with van der Waals surface area (Å²) in [6, 6.07) is 12.4. The van der Waals surface area contributed by atoms with Crippen LogP contribution in [0.4, 0.5) is 0 Å². The molecule has 0 saturated carbocycles. The fraction of sp³-hybridized carbons (Fsp3) is 0.316. The lowest BCUT2D eigenvalue weighted by Gasteiger charge is -2.12. The number of nitrogens with one attached hydrogen (secondary N) is 1. The second kappa shape index (κ2) is 6.22. The van der Waals surface area contributed by atoms with Gasteiger partial charge < -0.3 is 9.73 Å². The predicted molar refractivity (Wildman–Crippen MR) is 89.9 cm³/mol. The second-order valence-electron chi connectivity index (χ2n) is 5.85. The van der Waals surface area contributed by atoms with Gasteiger partial charge in [-0.3, -0.25) is 4.79 Å². The number of carbonyl (C=O) groups is 1. The maximum atomic E-state index is 12.2. The van der Waals surface area contributed by atoms with Crippen molar-refractivity contribution in [3.63, 3.8) is 0 Å². The van der Waals surface area contributed by atoms with Crippen molar-refractivity contribution in [3.05, 3.63) is 48.2 Å². The molecule has 1 N–H and O–H groups in total. The zero-order valence-electron chi connectivity index (χ0n) is 13.1. The highest BCUT2D eigenvalue weighted by Gasteiger charge is 2.14. The standard InChI is InChI=1S/C19H21NO2/c1-3-6-13(2)20-18(21)11-15-12-22-17-10-9-14-7-4-5-8-16(14)19(15)17/h4-5,7-10,12-13H,3,6,11H2,1-2H3,(H,20,21)/t13-/m1/s1. The van der Waals surface area contributed by atoms with Gasteiger partial charge in [-0.25, -0.2) is 0 Å². The Labute approximate surface area is 130 Å². The summed E-state index contributed by atoms with van der Waals surface area (Å²) in [6.45, 7) is 4.17. The maximum absolute atomic E-state index is 12.2. The van der Waals surface area contributed by atoms with E-state index in [0.717, 1.165) is 40.1 Å². The molecule has 0 bridgehead atoms. The third kappa shape index (κ3) is 2.84. The number of hydrogen-bond acceptors (Lipinski definition) is 2. The molecule has 0 radical (unpaired) electrons. The summed E-state index contributed by atoms with van der Waals surface area (Å²) in [7, 11) is 0. The fourth-order valence-electron chi connectivity index (χ4n) is 3.01. The largest absolute Gasteiger partial charge is 0.464 e. The molecule has 1 aromatic heterocycles. The van der Waals surface area contributed by atoms with E-state index in [1.165, 1.54) is 0 Å². The highest BCUT2D eigenvalue weighted by molar-refractivity contribution is 6.08. The number of benzene rings is 2. The highest BCUT2D eigenvalue weighted by Crippen LogP contribution is 2.30. The molecule has 1 atom stereocenters. The molecule has 22 heavy (non-hydrogen) atoms. The Morgan fingerprint density at radius 2 is 2.05 bits per heavy atom. The van der Waals surface area contributed by atoms with Crippen LogP contribution in [0.2, 0.25) is 0 Å². The smallest absolute Gasteiger partial charge is 0.224 e. The lowest BCUT2D eigenvalue weighted by molar-refractivity contribution is -0.121. The van der Waals surface area contributed by atoms with Crippen molar-refractivity contribution in [2.45, 2.75) is 39.2 Å². The zero-order chi connectivity index (χ0) is 15.5. The lowest BCUT2D eigenvalue weighted by Crippen LogP contribution is -2.33. The zero-order valence-corrected chi connectivity index (χ0v) is 13.1. The molecule has 3 rings (SSSR count). The first-order valence-electron chi connectivity index (χ1n) is 7.86. The Morgan fingerprint density at radius 1 is 1.23 bits per heavy atom. The van der Waals surface area contributed by atoms with Crippen molar-refractivity contribution < 1.29 is 9.21 Å². The Kier molecular flexibility index (Phi) is 4.14. The maximum Gasteiger partial charge on any atom is 0.224 e. The molecule has 2 aromatic carbocycles. The van der Waals surface area contributed by atoms with Crippen LogP contribution in [-0.4, -0.2) is 11.9 Å². The molecule has 0 aliphatic heterocycles. The van der Waals surface area contributed by atoms with Crippen LogP contribution >= 0.6 is 0 Å². The van der Waals surface area contributed by atoms with Gasteiger partial charge in [0.2, 0.25) is 5.91 Å². The molecule has 3 nitrogen and oxygen atoms in total. The van der Waals surface area contributed by atoms with Crippen molar-refractivity contribution in [3.8, 4) is 0 Å². The average molecular weight is 295 g/mol. The Balaban J connectivity index is 1.91. The van der Waals surface area contributed by atoms with Crippen LogP contribution in [-0.2, 0) is 11.2 Å². The summed E-state index contributed by atoms with van der Waals surface area (Å²) in [5.74, 6) is 0.0524. The van der Waals surface area contributed by atoms with E-state index < -0.39 is 0 Å². The summed E-state index contributed by atoms with van der Waals surface area (Å²) < 4.78 is 5.63. The third-order valence-corrected chi connectivity index (χ3v) is 4.02. The first-order valence-corrected chi connectivity index (χ1v) is 7.86. The van der Waals surface area contributed by atoms with Gasteiger partial charge in [-0.05, 0) is 30.2 Å². The van der Waals surface area contributed by atoms with Gasteiger partial charge in [0.25, 0.3) is 0 Å². The van der Waals surface area contributed by atoms with Gasteiger partial charge in [0.1, 0.15) is 5.58 Å². The van der Waals surface area contributed by atoms with E-state index in [1.807, 2.05) is 31.2 Å². The van der Waals surface area contributed by atoms with Gasteiger partial charge in [0, 0.05) is 17.0 Å². The van der Waals surface area contributed by atoms with Gasteiger partial charge in [0.15, 0.2) is 0 Å². The van der Waals surface area contributed by atoms with Gasteiger partial charge in [-0.2, -0.15) is 0 Å². The van der Waals surface area contributed by atoms with E-state index >= 15 is 0 Å². The Hall–Kier alpha value is -2.29. The van der Waals surface area contributed by atoms with Crippen LogP contribution in [0.1, 0.15) is 32.3 Å². The van der Waals surface area contributed by atoms with E-state index in [2.05, 4.69) is 24.4 Å². The molecule has 0 saturated heterocycles. The fourth-order valence-corrected chi connectivity index (χ4v) is 3.01. The minimum atomic E-state index is 0.0524. The van der Waals surface area contributed by atoms with Gasteiger partial charge >= 0.3 is 0 Å². The van der Waals surface area contributed by atoms with Crippen LogP contribution in [0.5, 0.6) is 0 Å². The first-order chi connectivity index (χ1) is 10.7. The van der Waals surface area contributed by atoms with Gasteiger partial charge in [-0.15, -0.1) is 0 Å². The molecule has 114 valence electrons. The monoisotopic (exact) mass is 295 g/mol. The molecular formula is C19H21NO2. The van der Waals surface area contributed by atoms with Crippen molar-refractivity contribution in [1.29, 1.82) is 0 Å². The molecule has 1 amide bonds. The quantitative estimate of drug-likeness (QED) is 0.756. The Morgan fingerprint density at radius 3 is 2.86 bits per heavy atom. The summed E-state index contributed by atoms with van der Waals surface area (Å²) in [4.78, 5) is 12.2. The molecule has 1 heterocycles. The number of amides is 1. The second-order valence-corrected chi connectivity index (χ2v) is 5.85. The minimum Gasteiger partial charge on any atom is -0.464 e. The molecule has 0 aliphatic carbocycles. The molecule has 0 fully saturated rings. The van der Waals surface area contributed by atoms with Gasteiger partial charge in [0.05, 0.1) is 12.7 Å². The number of hydrogen-bond donors (Lipinski definition) is 1. The topological polar surface area (TPSA) is 42.2 Å². The predicted octanol–water partition coefficient (Wildman–Crippen LogP) is 4.43. The molecule has 0 spiro atoms. The van der Waals surface area contributed by atoms with Crippen molar-refractivity contribution >= 4 is 27.6 Å². The summed E-state index contributed by atoms with van der Waals surface area (Å²) in [6.07, 6.45) is 4.14. The van der Waals surface area contributed by atoms with Crippen LogP contribution in [0.25, 0.3) is 21.7 Å². The third-order valence-electron chi connectivity index (χ3n) is 4.02. The molecule has 0 unspecified atom stereocenters. The Bertz CT molecular complexity index is 803. The van der Waals surface area contributed by atoms with Crippen LogP contribution in [0, 0.1) is 0 Å².